The Balaban J connectivity index is 1.68. The van der Waals surface area contributed by atoms with Crippen LogP contribution in [0.4, 0.5) is 8.78 Å². The molecule has 2 nitrogen and oxygen atoms in total. The van der Waals surface area contributed by atoms with Crippen LogP contribution in [-0.4, -0.2) is 23.1 Å². The number of rotatable bonds is 3. The predicted molar refractivity (Wildman–Crippen MR) is 76.7 cm³/mol. The average molecular weight is 289 g/mol. The first kappa shape index (κ1) is 14.2. The molecule has 0 aromatic heterocycles. The number of fused-ring (bicyclic) bond motifs is 1. The molecule has 4 heteroatoms. The van der Waals surface area contributed by atoms with E-state index in [2.05, 4.69) is 17.0 Å². The van der Waals surface area contributed by atoms with Crippen LogP contribution in [0.5, 0.6) is 0 Å². The summed E-state index contributed by atoms with van der Waals surface area (Å²) in [5.74, 6) is -1.81. The maximum Gasteiger partial charge on any atom is 0.159 e. The summed E-state index contributed by atoms with van der Waals surface area (Å²) in [4.78, 5) is 2.13. The minimum absolute atomic E-state index is 0.410. The summed E-state index contributed by atoms with van der Waals surface area (Å²) in [6.07, 6.45) is 0.131. The lowest BCUT2D eigenvalue weighted by atomic mass is 9.99. The van der Waals surface area contributed by atoms with E-state index in [1.54, 1.807) is 0 Å². The first-order valence-corrected chi connectivity index (χ1v) is 7.05. The van der Waals surface area contributed by atoms with Gasteiger partial charge in [0.25, 0.3) is 0 Å². The van der Waals surface area contributed by atoms with E-state index in [-0.39, 0.29) is 0 Å². The molecule has 2 aromatic carbocycles. The van der Waals surface area contributed by atoms with E-state index in [1.165, 1.54) is 17.2 Å². The van der Waals surface area contributed by atoms with Gasteiger partial charge in [-0.1, -0.05) is 30.3 Å². The molecule has 3 rings (SSSR count). The third kappa shape index (κ3) is 3.12. The molecule has 1 heterocycles. The van der Waals surface area contributed by atoms with E-state index in [1.807, 2.05) is 12.1 Å². The summed E-state index contributed by atoms with van der Waals surface area (Å²) in [5, 5.41) is 10.2. The highest BCUT2D eigenvalue weighted by Gasteiger charge is 2.19. The Labute approximate surface area is 122 Å². The van der Waals surface area contributed by atoms with Gasteiger partial charge in [0.1, 0.15) is 0 Å². The molecule has 0 amide bonds. The van der Waals surface area contributed by atoms with Crippen molar-refractivity contribution in [3.05, 3.63) is 70.8 Å². The Bertz CT molecular complexity index is 644. The van der Waals surface area contributed by atoms with Crippen molar-refractivity contribution in [2.75, 3.05) is 13.1 Å². The van der Waals surface area contributed by atoms with Gasteiger partial charge in [-0.05, 0) is 35.2 Å². The van der Waals surface area contributed by atoms with E-state index in [9.17, 15) is 13.9 Å². The third-order valence-electron chi connectivity index (χ3n) is 3.97. The zero-order chi connectivity index (χ0) is 14.8. The van der Waals surface area contributed by atoms with E-state index in [0.29, 0.717) is 12.1 Å². The Morgan fingerprint density at radius 1 is 1.05 bits per heavy atom. The molecule has 0 spiro atoms. The summed E-state index contributed by atoms with van der Waals surface area (Å²) < 4.78 is 26.1. The topological polar surface area (TPSA) is 23.5 Å². The van der Waals surface area contributed by atoms with Gasteiger partial charge in [-0.25, -0.2) is 8.78 Å². The molecule has 0 aliphatic carbocycles. The number of aliphatic hydroxyl groups excluding tert-OH is 1. The Hall–Kier alpha value is -1.78. The zero-order valence-electron chi connectivity index (χ0n) is 11.6. The molecule has 1 aliphatic rings. The summed E-state index contributed by atoms with van der Waals surface area (Å²) in [6.45, 7) is 2.05. The second kappa shape index (κ2) is 5.92. The van der Waals surface area contributed by atoms with E-state index in [4.69, 9.17) is 0 Å². The van der Waals surface area contributed by atoms with E-state index in [0.717, 1.165) is 31.6 Å². The summed E-state index contributed by atoms with van der Waals surface area (Å²) in [7, 11) is 0. The second-order valence-electron chi connectivity index (χ2n) is 5.44. The molecule has 0 saturated heterocycles. The third-order valence-corrected chi connectivity index (χ3v) is 3.97. The minimum atomic E-state index is -0.921. The van der Waals surface area contributed by atoms with Crippen molar-refractivity contribution in [2.45, 2.75) is 19.1 Å². The predicted octanol–water partition coefficient (Wildman–Crippen LogP) is 3.06. The van der Waals surface area contributed by atoms with Gasteiger partial charge in [-0.15, -0.1) is 0 Å². The molecular formula is C17H17F2NO. The van der Waals surface area contributed by atoms with Crippen molar-refractivity contribution < 1.29 is 13.9 Å². The lowest BCUT2D eigenvalue weighted by Crippen LogP contribution is -2.34. The van der Waals surface area contributed by atoms with Crippen LogP contribution in [0.2, 0.25) is 0 Å². The highest BCUT2D eigenvalue weighted by molar-refractivity contribution is 5.29. The van der Waals surface area contributed by atoms with Crippen molar-refractivity contribution in [3.63, 3.8) is 0 Å². The van der Waals surface area contributed by atoms with Gasteiger partial charge in [0.15, 0.2) is 11.6 Å². The molecule has 21 heavy (non-hydrogen) atoms. The number of halogens is 2. The molecule has 1 N–H and O–H groups in total. The maximum absolute atomic E-state index is 13.2. The summed E-state index contributed by atoms with van der Waals surface area (Å²) in [5.41, 5.74) is 3.02. The summed E-state index contributed by atoms with van der Waals surface area (Å²) >= 11 is 0. The minimum Gasteiger partial charge on any atom is -0.387 e. The van der Waals surface area contributed by atoms with Crippen molar-refractivity contribution >= 4 is 0 Å². The van der Waals surface area contributed by atoms with Gasteiger partial charge in [0.05, 0.1) is 6.10 Å². The van der Waals surface area contributed by atoms with Gasteiger partial charge in [0.2, 0.25) is 0 Å². The summed E-state index contributed by atoms with van der Waals surface area (Å²) in [6, 6.07) is 11.8. The van der Waals surface area contributed by atoms with E-state index < -0.39 is 17.7 Å². The molecule has 1 aliphatic heterocycles. The molecule has 2 aromatic rings. The molecule has 0 saturated carbocycles. The normalized spacial score (nSPS) is 16.5. The highest BCUT2D eigenvalue weighted by Crippen LogP contribution is 2.22. The van der Waals surface area contributed by atoms with Crippen LogP contribution in [0, 0.1) is 11.6 Å². The number of nitrogens with zero attached hydrogens (tertiary/aromatic N) is 1. The molecular weight excluding hydrogens is 272 g/mol. The first-order valence-electron chi connectivity index (χ1n) is 7.05. The van der Waals surface area contributed by atoms with Gasteiger partial charge < -0.3 is 5.11 Å². The molecule has 0 radical (unpaired) electrons. The monoisotopic (exact) mass is 289 g/mol. The van der Waals surface area contributed by atoms with Crippen LogP contribution in [0.15, 0.2) is 42.5 Å². The van der Waals surface area contributed by atoms with Crippen molar-refractivity contribution in [2.24, 2.45) is 0 Å². The van der Waals surface area contributed by atoms with Gasteiger partial charge >= 0.3 is 0 Å². The fraction of sp³-hybridized carbons (Fsp3) is 0.294. The van der Waals surface area contributed by atoms with Crippen LogP contribution in [-0.2, 0) is 13.0 Å². The fourth-order valence-corrected chi connectivity index (χ4v) is 2.78. The second-order valence-corrected chi connectivity index (χ2v) is 5.44. The average Bonchev–Trinajstić information content (AvgIpc) is 2.50. The van der Waals surface area contributed by atoms with Crippen LogP contribution in [0.3, 0.4) is 0 Å². The molecule has 0 fully saturated rings. The smallest absolute Gasteiger partial charge is 0.159 e. The lowest BCUT2D eigenvalue weighted by molar-refractivity contribution is 0.105. The Morgan fingerprint density at radius 2 is 1.81 bits per heavy atom. The van der Waals surface area contributed by atoms with Crippen LogP contribution < -0.4 is 0 Å². The van der Waals surface area contributed by atoms with Crippen LogP contribution in [0.1, 0.15) is 22.8 Å². The quantitative estimate of drug-likeness (QED) is 0.938. The lowest BCUT2D eigenvalue weighted by Gasteiger charge is -2.30. The SMILES string of the molecule is OC(CN1CCc2ccccc2C1)c1ccc(F)c(F)c1. The number of β-amino-alcohol motifs (C(OH)–C–C–N with tert-alkyl or cyclic N) is 1. The maximum atomic E-state index is 13.2. The fourth-order valence-electron chi connectivity index (χ4n) is 2.78. The Morgan fingerprint density at radius 3 is 2.57 bits per heavy atom. The molecule has 1 atom stereocenters. The number of aliphatic hydroxyl groups is 1. The molecule has 0 bridgehead atoms. The zero-order valence-corrected chi connectivity index (χ0v) is 11.6. The molecule has 110 valence electrons. The largest absolute Gasteiger partial charge is 0.387 e. The van der Waals surface area contributed by atoms with Crippen molar-refractivity contribution in [1.82, 2.24) is 4.90 Å². The van der Waals surface area contributed by atoms with Crippen LogP contribution in [0.25, 0.3) is 0 Å². The van der Waals surface area contributed by atoms with E-state index >= 15 is 0 Å². The van der Waals surface area contributed by atoms with Gasteiger partial charge in [0, 0.05) is 19.6 Å². The number of benzene rings is 2. The van der Waals surface area contributed by atoms with Crippen LogP contribution >= 0.6 is 0 Å². The highest BCUT2D eigenvalue weighted by atomic mass is 19.2. The first-order chi connectivity index (χ1) is 10.1. The standard InChI is InChI=1S/C17H17F2NO/c18-15-6-5-13(9-16(15)19)17(21)11-20-8-7-12-3-1-2-4-14(12)10-20/h1-6,9,17,21H,7-8,10-11H2. The number of hydrogen-bond acceptors (Lipinski definition) is 2. The van der Waals surface area contributed by atoms with Crippen molar-refractivity contribution in [1.29, 1.82) is 0 Å². The Kier molecular flexibility index (Phi) is 3.99. The molecule has 1 unspecified atom stereocenters. The van der Waals surface area contributed by atoms with Gasteiger partial charge in [-0.2, -0.15) is 0 Å². The van der Waals surface area contributed by atoms with Crippen molar-refractivity contribution in [3.8, 4) is 0 Å². The number of hydrogen-bond donors (Lipinski definition) is 1. The van der Waals surface area contributed by atoms with Gasteiger partial charge in [-0.3, -0.25) is 4.90 Å².